The van der Waals surface area contributed by atoms with E-state index in [0.717, 1.165) is 25.7 Å². The Kier molecular flexibility index (Phi) is 4.12. The number of aliphatic hydroxyl groups is 1. The first kappa shape index (κ1) is 12.5. The van der Waals surface area contributed by atoms with Crippen molar-refractivity contribution in [2.24, 2.45) is 0 Å². The van der Waals surface area contributed by atoms with Crippen molar-refractivity contribution in [2.45, 2.75) is 37.8 Å². The summed E-state index contributed by atoms with van der Waals surface area (Å²) in [5.74, 6) is -0.154. The molecule has 2 atom stereocenters. The number of aromatic nitrogens is 1. The number of hydrogen-bond donors (Lipinski definition) is 2. The number of carbonyl (C=O) groups excluding carboxylic acids is 1. The predicted molar refractivity (Wildman–Crippen MR) is 67.7 cm³/mol. The topological polar surface area (TPSA) is 62.2 Å². The van der Waals surface area contributed by atoms with Gasteiger partial charge in [-0.25, -0.2) is 4.98 Å². The van der Waals surface area contributed by atoms with Crippen molar-refractivity contribution in [3.8, 4) is 0 Å². The number of hydrogen-bond acceptors (Lipinski definition) is 3. The summed E-state index contributed by atoms with van der Waals surface area (Å²) in [5, 5.41) is 12.7. The number of rotatable bonds is 2. The first-order chi connectivity index (χ1) is 8.16. The first-order valence-electron chi connectivity index (χ1n) is 5.77. The van der Waals surface area contributed by atoms with Crippen molar-refractivity contribution < 1.29 is 9.90 Å². The van der Waals surface area contributed by atoms with E-state index >= 15 is 0 Å². The van der Waals surface area contributed by atoms with Crippen LogP contribution in [0, 0.1) is 0 Å². The van der Waals surface area contributed by atoms with Crippen LogP contribution >= 0.6 is 15.9 Å². The number of nitrogens with one attached hydrogen (secondary N) is 1. The summed E-state index contributed by atoms with van der Waals surface area (Å²) in [6.07, 6.45) is 4.87. The Balaban J connectivity index is 2.01. The fraction of sp³-hybridized carbons (Fsp3) is 0.500. The van der Waals surface area contributed by atoms with Gasteiger partial charge >= 0.3 is 0 Å². The number of aliphatic hydroxyl groups excluding tert-OH is 1. The minimum absolute atomic E-state index is 0.122. The van der Waals surface area contributed by atoms with Gasteiger partial charge in [0.05, 0.1) is 12.1 Å². The van der Waals surface area contributed by atoms with Gasteiger partial charge in [-0.15, -0.1) is 0 Å². The third kappa shape index (κ3) is 3.26. The van der Waals surface area contributed by atoms with Gasteiger partial charge in [-0.1, -0.05) is 12.8 Å². The quantitative estimate of drug-likeness (QED) is 0.820. The summed E-state index contributed by atoms with van der Waals surface area (Å²) < 4.78 is 0.634. The largest absolute Gasteiger partial charge is 0.391 e. The van der Waals surface area contributed by atoms with Gasteiger partial charge in [0.1, 0.15) is 4.60 Å². The van der Waals surface area contributed by atoms with Gasteiger partial charge in [0.25, 0.3) is 5.91 Å². The van der Waals surface area contributed by atoms with E-state index in [1.807, 2.05) is 0 Å². The molecule has 1 saturated carbocycles. The van der Waals surface area contributed by atoms with E-state index in [0.29, 0.717) is 10.2 Å². The SMILES string of the molecule is O=C(NC1CCCCC1O)c1ccnc(Br)c1. The van der Waals surface area contributed by atoms with Gasteiger partial charge in [-0.3, -0.25) is 4.79 Å². The molecule has 0 spiro atoms. The highest BCUT2D eigenvalue weighted by Gasteiger charge is 2.24. The van der Waals surface area contributed by atoms with Crippen LogP contribution in [0.2, 0.25) is 0 Å². The van der Waals surface area contributed by atoms with Crippen LogP contribution < -0.4 is 5.32 Å². The molecule has 92 valence electrons. The van der Waals surface area contributed by atoms with Crippen LogP contribution in [0.15, 0.2) is 22.9 Å². The monoisotopic (exact) mass is 298 g/mol. The first-order valence-corrected chi connectivity index (χ1v) is 6.56. The van der Waals surface area contributed by atoms with Gasteiger partial charge < -0.3 is 10.4 Å². The van der Waals surface area contributed by atoms with E-state index in [2.05, 4.69) is 26.2 Å². The lowest BCUT2D eigenvalue weighted by molar-refractivity contribution is 0.0717. The maximum atomic E-state index is 11.9. The molecule has 2 unspecified atom stereocenters. The van der Waals surface area contributed by atoms with Crippen molar-refractivity contribution in [3.63, 3.8) is 0 Å². The average Bonchev–Trinajstić information content (AvgIpc) is 2.32. The van der Waals surface area contributed by atoms with E-state index in [4.69, 9.17) is 0 Å². The van der Waals surface area contributed by atoms with E-state index in [1.165, 1.54) is 0 Å². The lowest BCUT2D eigenvalue weighted by Gasteiger charge is -2.28. The predicted octanol–water partition coefficient (Wildman–Crippen LogP) is 1.88. The van der Waals surface area contributed by atoms with Gasteiger partial charge in [0, 0.05) is 11.8 Å². The molecule has 1 aromatic rings. The molecule has 0 radical (unpaired) electrons. The zero-order valence-electron chi connectivity index (χ0n) is 9.40. The number of carbonyl (C=O) groups is 1. The second kappa shape index (κ2) is 5.60. The number of nitrogens with zero attached hydrogens (tertiary/aromatic N) is 1. The van der Waals surface area contributed by atoms with Gasteiger partial charge in [0.2, 0.25) is 0 Å². The molecule has 1 amide bonds. The molecule has 1 aliphatic rings. The lowest BCUT2D eigenvalue weighted by Crippen LogP contribution is -2.45. The Hall–Kier alpha value is -0.940. The fourth-order valence-corrected chi connectivity index (χ4v) is 2.44. The van der Waals surface area contributed by atoms with Crippen LogP contribution in [0.1, 0.15) is 36.0 Å². The Bertz CT molecular complexity index is 411. The molecule has 1 aliphatic carbocycles. The Morgan fingerprint density at radius 3 is 2.94 bits per heavy atom. The van der Waals surface area contributed by atoms with Crippen LogP contribution in [0.4, 0.5) is 0 Å². The number of pyridine rings is 1. The maximum absolute atomic E-state index is 11.9. The lowest BCUT2D eigenvalue weighted by atomic mass is 9.92. The molecular formula is C12H15BrN2O2. The van der Waals surface area contributed by atoms with Crippen LogP contribution in [0.3, 0.4) is 0 Å². The molecule has 0 bridgehead atoms. The van der Waals surface area contributed by atoms with Crippen molar-refractivity contribution in [1.82, 2.24) is 10.3 Å². The number of halogens is 1. The third-order valence-electron chi connectivity index (χ3n) is 3.03. The van der Waals surface area contributed by atoms with E-state index in [-0.39, 0.29) is 11.9 Å². The third-order valence-corrected chi connectivity index (χ3v) is 3.47. The highest BCUT2D eigenvalue weighted by atomic mass is 79.9. The molecule has 0 aromatic carbocycles. The zero-order valence-corrected chi connectivity index (χ0v) is 11.0. The van der Waals surface area contributed by atoms with Crippen molar-refractivity contribution in [1.29, 1.82) is 0 Å². The summed E-state index contributed by atoms with van der Waals surface area (Å²) in [5.41, 5.74) is 0.560. The molecule has 1 fully saturated rings. The van der Waals surface area contributed by atoms with Crippen LogP contribution in [-0.4, -0.2) is 28.1 Å². The molecule has 5 heteroatoms. The van der Waals surface area contributed by atoms with Crippen LogP contribution in [-0.2, 0) is 0 Å². The van der Waals surface area contributed by atoms with Gasteiger partial charge in [-0.2, -0.15) is 0 Å². The Labute approximate surface area is 109 Å². The number of amides is 1. The Morgan fingerprint density at radius 1 is 1.47 bits per heavy atom. The second-order valence-corrected chi connectivity index (χ2v) is 5.11. The smallest absolute Gasteiger partial charge is 0.251 e. The second-order valence-electron chi connectivity index (χ2n) is 4.30. The zero-order chi connectivity index (χ0) is 12.3. The molecular weight excluding hydrogens is 284 g/mol. The normalized spacial score (nSPS) is 24.4. The maximum Gasteiger partial charge on any atom is 0.251 e. The molecule has 17 heavy (non-hydrogen) atoms. The summed E-state index contributed by atoms with van der Waals surface area (Å²) in [6, 6.07) is 3.21. The van der Waals surface area contributed by atoms with Crippen molar-refractivity contribution >= 4 is 21.8 Å². The molecule has 4 nitrogen and oxygen atoms in total. The molecule has 2 N–H and O–H groups in total. The molecule has 0 saturated heterocycles. The molecule has 1 aromatic heterocycles. The standard InChI is InChI=1S/C12H15BrN2O2/c13-11-7-8(5-6-14-11)12(17)15-9-3-1-2-4-10(9)16/h5-7,9-10,16H,1-4H2,(H,15,17). The van der Waals surface area contributed by atoms with Gasteiger partial charge in [0.15, 0.2) is 0 Å². The molecule has 0 aliphatic heterocycles. The van der Waals surface area contributed by atoms with E-state index in [9.17, 15) is 9.90 Å². The Morgan fingerprint density at radius 2 is 2.24 bits per heavy atom. The van der Waals surface area contributed by atoms with E-state index < -0.39 is 6.10 Å². The summed E-state index contributed by atoms with van der Waals surface area (Å²) in [7, 11) is 0. The summed E-state index contributed by atoms with van der Waals surface area (Å²) >= 11 is 3.23. The van der Waals surface area contributed by atoms with Gasteiger partial charge in [-0.05, 0) is 40.9 Å². The minimum Gasteiger partial charge on any atom is -0.391 e. The molecule has 2 rings (SSSR count). The van der Waals surface area contributed by atoms with E-state index in [1.54, 1.807) is 18.3 Å². The average molecular weight is 299 g/mol. The fourth-order valence-electron chi connectivity index (χ4n) is 2.08. The molecule has 1 heterocycles. The highest BCUT2D eigenvalue weighted by molar-refractivity contribution is 9.10. The minimum atomic E-state index is -0.419. The van der Waals surface area contributed by atoms with Crippen molar-refractivity contribution in [3.05, 3.63) is 28.5 Å². The van der Waals surface area contributed by atoms with Crippen molar-refractivity contribution in [2.75, 3.05) is 0 Å². The van der Waals surface area contributed by atoms with Crippen LogP contribution in [0.5, 0.6) is 0 Å². The summed E-state index contributed by atoms with van der Waals surface area (Å²) in [6.45, 7) is 0. The van der Waals surface area contributed by atoms with Crippen LogP contribution in [0.25, 0.3) is 0 Å². The highest BCUT2D eigenvalue weighted by Crippen LogP contribution is 2.19. The summed E-state index contributed by atoms with van der Waals surface area (Å²) in [4.78, 5) is 15.9.